The zero-order valence-electron chi connectivity index (χ0n) is 19.4. The molecule has 0 aliphatic heterocycles. The summed E-state index contributed by atoms with van der Waals surface area (Å²) in [6.07, 6.45) is 6.85. The molecule has 7 heteroatoms. The average Bonchev–Trinajstić information content (AvgIpc) is 2.87. The molecule has 0 amide bonds. The van der Waals surface area contributed by atoms with Crippen molar-refractivity contribution in [1.82, 2.24) is 0 Å². The molecule has 0 aromatic heterocycles. The number of carbonyl (C=O) groups is 1. The van der Waals surface area contributed by atoms with Crippen LogP contribution in [0.1, 0.15) is 21.5 Å². The summed E-state index contributed by atoms with van der Waals surface area (Å²) in [6.45, 7) is 0. The van der Waals surface area contributed by atoms with E-state index >= 15 is 0 Å². The third kappa shape index (κ3) is 5.91. The van der Waals surface area contributed by atoms with Crippen LogP contribution < -0.4 is 24.3 Å². The second-order valence-electron chi connectivity index (χ2n) is 7.07. The molecular weight excluding hydrogens is 454 g/mol. The van der Waals surface area contributed by atoms with Crippen molar-refractivity contribution in [2.75, 3.05) is 33.8 Å². The molecule has 3 aromatic rings. The van der Waals surface area contributed by atoms with Gasteiger partial charge in [0.15, 0.2) is 17.3 Å². The number of anilines is 1. The third-order valence-corrected chi connectivity index (χ3v) is 5.29. The Balaban J connectivity index is 1.91. The van der Waals surface area contributed by atoms with E-state index in [0.717, 1.165) is 11.1 Å². The Hall–Kier alpha value is -3.90. The Morgan fingerprint density at radius 1 is 0.824 bits per heavy atom. The summed E-state index contributed by atoms with van der Waals surface area (Å²) in [6, 6.07) is 16.3. The van der Waals surface area contributed by atoms with E-state index in [-0.39, 0.29) is 5.78 Å². The van der Waals surface area contributed by atoms with Crippen LogP contribution in [0.25, 0.3) is 12.2 Å². The second kappa shape index (κ2) is 11.8. The molecule has 0 saturated heterocycles. The van der Waals surface area contributed by atoms with Crippen molar-refractivity contribution < 1.29 is 23.7 Å². The number of allylic oxidation sites excluding steroid dienone is 1. The fourth-order valence-corrected chi connectivity index (χ4v) is 3.53. The minimum Gasteiger partial charge on any atom is -0.495 e. The van der Waals surface area contributed by atoms with Crippen LogP contribution in [0.4, 0.5) is 5.69 Å². The normalized spacial score (nSPS) is 11.0. The molecule has 0 aliphatic rings. The van der Waals surface area contributed by atoms with Gasteiger partial charge in [0.25, 0.3) is 0 Å². The number of rotatable bonds is 10. The van der Waals surface area contributed by atoms with E-state index in [2.05, 4.69) is 5.32 Å². The zero-order valence-corrected chi connectivity index (χ0v) is 20.2. The van der Waals surface area contributed by atoms with Crippen molar-refractivity contribution in [3.8, 4) is 23.0 Å². The second-order valence-corrected chi connectivity index (χ2v) is 7.48. The van der Waals surface area contributed by atoms with E-state index in [9.17, 15) is 4.79 Å². The minimum absolute atomic E-state index is 0.108. The van der Waals surface area contributed by atoms with Gasteiger partial charge < -0.3 is 24.3 Å². The van der Waals surface area contributed by atoms with Crippen LogP contribution in [-0.2, 0) is 0 Å². The lowest BCUT2D eigenvalue weighted by Gasteiger charge is -2.13. The highest BCUT2D eigenvalue weighted by molar-refractivity contribution is 6.32. The molecule has 0 bridgehead atoms. The summed E-state index contributed by atoms with van der Waals surface area (Å²) in [4.78, 5) is 12.4. The number of methoxy groups -OCH3 is 4. The Morgan fingerprint density at radius 3 is 2.06 bits per heavy atom. The molecule has 0 spiro atoms. The highest BCUT2D eigenvalue weighted by Crippen LogP contribution is 2.39. The van der Waals surface area contributed by atoms with E-state index in [4.69, 9.17) is 30.5 Å². The first-order valence-electron chi connectivity index (χ1n) is 10.4. The molecule has 1 N–H and O–H groups in total. The van der Waals surface area contributed by atoms with Crippen LogP contribution in [0.3, 0.4) is 0 Å². The fourth-order valence-electron chi connectivity index (χ4n) is 3.28. The monoisotopic (exact) mass is 479 g/mol. The van der Waals surface area contributed by atoms with Crippen molar-refractivity contribution in [3.63, 3.8) is 0 Å². The van der Waals surface area contributed by atoms with Crippen LogP contribution in [0.15, 0.2) is 66.9 Å². The van der Waals surface area contributed by atoms with Crippen molar-refractivity contribution in [2.45, 2.75) is 0 Å². The van der Waals surface area contributed by atoms with Gasteiger partial charge >= 0.3 is 0 Å². The van der Waals surface area contributed by atoms with Crippen molar-refractivity contribution in [1.29, 1.82) is 0 Å². The van der Waals surface area contributed by atoms with Gasteiger partial charge in [0.05, 0.1) is 33.5 Å². The predicted molar refractivity (Wildman–Crippen MR) is 137 cm³/mol. The molecule has 0 radical (unpaired) electrons. The number of nitrogens with one attached hydrogen (secondary N) is 1. The van der Waals surface area contributed by atoms with Crippen LogP contribution in [0.2, 0.25) is 5.02 Å². The number of hydrogen-bond acceptors (Lipinski definition) is 6. The van der Waals surface area contributed by atoms with E-state index < -0.39 is 0 Å². The quantitative estimate of drug-likeness (QED) is 0.207. The number of benzene rings is 3. The van der Waals surface area contributed by atoms with Crippen LogP contribution in [-0.4, -0.2) is 34.2 Å². The van der Waals surface area contributed by atoms with E-state index in [1.54, 1.807) is 58.9 Å². The molecule has 6 nitrogen and oxygen atoms in total. The standard InChI is InChI=1S/C27H26ClNO5/c1-31-24-17-22(29-13-12-23(30)19-8-6-5-7-9-19)20(16-21(24)28)11-10-18-14-25(32-2)27(34-4)26(15-18)33-3/h5-17,29H,1-4H3/b11-10-,13-12-. The lowest BCUT2D eigenvalue weighted by atomic mass is 10.1. The van der Waals surface area contributed by atoms with Gasteiger partial charge in [-0.25, -0.2) is 0 Å². The molecular formula is C27H26ClNO5. The maximum atomic E-state index is 12.4. The number of carbonyl (C=O) groups excluding carboxylic acids is 1. The van der Waals surface area contributed by atoms with Crippen molar-refractivity contribution in [3.05, 3.63) is 88.6 Å². The molecule has 176 valence electrons. The first kappa shape index (κ1) is 24.7. The number of halogens is 1. The van der Waals surface area contributed by atoms with Gasteiger partial charge in [-0.15, -0.1) is 0 Å². The molecule has 0 atom stereocenters. The minimum atomic E-state index is -0.108. The summed E-state index contributed by atoms with van der Waals surface area (Å²) in [5.74, 6) is 2.02. The Labute approximate surface area is 204 Å². The third-order valence-electron chi connectivity index (χ3n) is 5.00. The van der Waals surface area contributed by atoms with Gasteiger partial charge in [-0.1, -0.05) is 54.1 Å². The Kier molecular flexibility index (Phi) is 8.60. The summed E-state index contributed by atoms with van der Waals surface area (Å²) in [7, 11) is 6.24. The summed E-state index contributed by atoms with van der Waals surface area (Å²) >= 11 is 6.37. The summed E-state index contributed by atoms with van der Waals surface area (Å²) in [5, 5.41) is 3.61. The van der Waals surface area contributed by atoms with Gasteiger partial charge in [0.2, 0.25) is 5.75 Å². The van der Waals surface area contributed by atoms with Gasteiger partial charge in [-0.2, -0.15) is 0 Å². The SMILES string of the molecule is COc1cc(N/C=C\C(=O)c2ccccc2)c(/C=C\c2cc(OC)c(OC)c(OC)c2)cc1Cl. The first-order chi connectivity index (χ1) is 16.5. The van der Waals surface area contributed by atoms with Gasteiger partial charge in [0.1, 0.15) is 5.75 Å². The Morgan fingerprint density at radius 2 is 1.47 bits per heavy atom. The maximum Gasteiger partial charge on any atom is 0.203 e. The van der Waals surface area contributed by atoms with Crippen LogP contribution in [0.5, 0.6) is 23.0 Å². The molecule has 0 unspecified atom stereocenters. The molecule has 3 rings (SSSR count). The number of ketones is 1. The number of hydrogen-bond donors (Lipinski definition) is 1. The van der Waals surface area contributed by atoms with Gasteiger partial charge in [-0.3, -0.25) is 4.79 Å². The van der Waals surface area contributed by atoms with Gasteiger partial charge in [-0.05, 0) is 29.3 Å². The summed E-state index contributed by atoms with van der Waals surface area (Å²) < 4.78 is 21.6. The topological polar surface area (TPSA) is 66.0 Å². The molecule has 0 heterocycles. The van der Waals surface area contributed by atoms with E-state index in [0.29, 0.717) is 39.3 Å². The molecule has 3 aromatic carbocycles. The molecule has 34 heavy (non-hydrogen) atoms. The average molecular weight is 480 g/mol. The summed E-state index contributed by atoms with van der Waals surface area (Å²) in [5.41, 5.74) is 2.94. The lowest BCUT2D eigenvalue weighted by molar-refractivity contribution is 0.104. The van der Waals surface area contributed by atoms with Crippen LogP contribution >= 0.6 is 11.6 Å². The first-order valence-corrected chi connectivity index (χ1v) is 10.8. The van der Waals surface area contributed by atoms with Crippen LogP contribution in [0, 0.1) is 0 Å². The smallest absolute Gasteiger partial charge is 0.203 e. The van der Waals surface area contributed by atoms with E-state index in [1.807, 2.05) is 42.5 Å². The largest absolute Gasteiger partial charge is 0.495 e. The maximum absolute atomic E-state index is 12.4. The zero-order chi connectivity index (χ0) is 24.5. The van der Waals surface area contributed by atoms with E-state index in [1.165, 1.54) is 6.08 Å². The fraction of sp³-hybridized carbons (Fsp3) is 0.148. The lowest BCUT2D eigenvalue weighted by Crippen LogP contribution is -1.98. The van der Waals surface area contributed by atoms with Crippen molar-refractivity contribution in [2.24, 2.45) is 0 Å². The molecule has 0 saturated carbocycles. The molecule has 0 fully saturated rings. The van der Waals surface area contributed by atoms with Crippen molar-refractivity contribution >= 4 is 35.2 Å². The number of ether oxygens (including phenoxy) is 4. The highest BCUT2D eigenvalue weighted by atomic mass is 35.5. The Bertz CT molecular complexity index is 1180. The highest BCUT2D eigenvalue weighted by Gasteiger charge is 2.12. The predicted octanol–water partition coefficient (Wildman–Crippen LogP) is 6.35. The molecule has 0 aliphatic carbocycles. The van der Waals surface area contributed by atoms with Gasteiger partial charge in [0, 0.05) is 29.6 Å².